The summed E-state index contributed by atoms with van der Waals surface area (Å²) in [6.45, 7) is 8.05. The number of carbonyl (C=O) groups is 1. The Hall–Kier alpha value is -1.01. The van der Waals surface area contributed by atoms with E-state index in [2.05, 4.69) is 6.58 Å². The van der Waals surface area contributed by atoms with Crippen LogP contribution in [0.2, 0.25) is 0 Å². The van der Waals surface area contributed by atoms with Crippen molar-refractivity contribution in [3.63, 3.8) is 0 Å². The van der Waals surface area contributed by atoms with Gasteiger partial charge in [0, 0.05) is 0 Å². The van der Waals surface area contributed by atoms with Crippen LogP contribution >= 0.6 is 0 Å². The van der Waals surface area contributed by atoms with Crippen LogP contribution in [0.3, 0.4) is 0 Å². The maximum Gasteiger partial charge on any atom is 0.192 e. The van der Waals surface area contributed by atoms with Crippen LogP contribution in [0.5, 0.6) is 0 Å². The summed E-state index contributed by atoms with van der Waals surface area (Å²) >= 11 is 0. The molecule has 18 heavy (non-hydrogen) atoms. The molecule has 2 aliphatic heterocycles. The zero-order chi connectivity index (χ0) is 13.2. The van der Waals surface area contributed by atoms with Crippen LogP contribution < -0.4 is 0 Å². The van der Waals surface area contributed by atoms with Gasteiger partial charge in [0.05, 0.1) is 13.2 Å². The molecule has 0 radical (unpaired) electrons. The molecule has 2 heterocycles. The highest BCUT2D eigenvalue weighted by Crippen LogP contribution is 2.39. The second-order valence-corrected chi connectivity index (χ2v) is 4.65. The number of ether oxygens (including phenoxy) is 4. The first kappa shape index (κ1) is 13.4. The van der Waals surface area contributed by atoms with Gasteiger partial charge in [-0.1, -0.05) is 12.2 Å². The van der Waals surface area contributed by atoms with Crippen molar-refractivity contribution in [1.29, 1.82) is 0 Å². The summed E-state index contributed by atoms with van der Waals surface area (Å²) in [5, 5.41) is 0. The Labute approximate surface area is 106 Å². The van der Waals surface area contributed by atoms with E-state index in [1.165, 1.54) is 0 Å². The lowest BCUT2D eigenvalue weighted by Crippen LogP contribution is -2.26. The van der Waals surface area contributed by atoms with Crippen LogP contribution in [0.4, 0.5) is 0 Å². The maximum absolute atomic E-state index is 11.0. The van der Waals surface area contributed by atoms with Crippen molar-refractivity contribution in [1.82, 2.24) is 0 Å². The minimum atomic E-state index is -0.690. The molecule has 0 unspecified atom stereocenters. The number of rotatable bonds is 5. The smallest absolute Gasteiger partial charge is 0.192 e. The normalized spacial score (nSPS) is 35.7. The van der Waals surface area contributed by atoms with Crippen molar-refractivity contribution in [2.45, 2.75) is 38.1 Å². The molecule has 5 nitrogen and oxygen atoms in total. The zero-order valence-electron chi connectivity index (χ0n) is 10.6. The van der Waals surface area contributed by atoms with Crippen molar-refractivity contribution in [3.05, 3.63) is 24.3 Å². The average Bonchev–Trinajstić information content (AvgIpc) is 2.77. The topological polar surface area (TPSA) is 54.0 Å². The van der Waals surface area contributed by atoms with Gasteiger partial charge in [0.15, 0.2) is 18.4 Å². The molecule has 100 valence electrons. The van der Waals surface area contributed by atoms with Crippen molar-refractivity contribution >= 4 is 6.29 Å². The van der Waals surface area contributed by atoms with E-state index < -0.39 is 18.2 Å². The standard InChI is InChI=1S/C13H18O5/c1-4-6-15-7-5-9-10(8-14)16-12-11(9)17-13(2,3)18-12/h4-5,8,10-12H,1,6-7H2,2-3H3/b9-5-/t10-,11-,12-/m1/s1. The number of hydrogen-bond donors (Lipinski definition) is 0. The molecule has 3 atom stereocenters. The lowest BCUT2D eigenvalue weighted by Gasteiger charge is -2.19. The van der Waals surface area contributed by atoms with Crippen molar-refractivity contribution in [2.75, 3.05) is 13.2 Å². The van der Waals surface area contributed by atoms with Crippen LogP contribution in [-0.4, -0.2) is 43.8 Å². The van der Waals surface area contributed by atoms with Gasteiger partial charge >= 0.3 is 0 Å². The largest absolute Gasteiger partial charge is 0.373 e. The van der Waals surface area contributed by atoms with E-state index in [9.17, 15) is 4.79 Å². The molecular formula is C13H18O5. The van der Waals surface area contributed by atoms with Crippen LogP contribution in [0.25, 0.3) is 0 Å². The van der Waals surface area contributed by atoms with E-state index in [0.717, 1.165) is 11.9 Å². The minimum absolute atomic E-state index is 0.331. The Morgan fingerprint density at radius 1 is 1.39 bits per heavy atom. The Bertz CT molecular complexity index is 360. The fourth-order valence-electron chi connectivity index (χ4n) is 2.09. The van der Waals surface area contributed by atoms with E-state index in [1.807, 2.05) is 19.9 Å². The first-order valence-electron chi connectivity index (χ1n) is 5.92. The monoisotopic (exact) mass is 254 g/mol. The fourth-order valence-corrected chi connectivity index (χ4v) is 2.09. The summed E-state index contributed by atoms with van der Waals surface area (Å²) in [7, 11) is 0. The summed E-state index contributed by atoms with van der Waals surface area (Å²) in [6.07, 6.45) is 2.78. The number of fused-ring (bicyclic) bond motifs is 1. The molecule has 0 amide bonds. The molecule has 0 aromatic carbocycles. The predicted molar refractivity (Wildman–Crippen MR) is 63.9 cm³/mol. The summed E-state index contributed by atoms with van der Waals surface area (Å²) < 4.78 is 22.0. The third-order valence-corrected chi connectivity index (χ3v) is 2.79. The van der Waals surface area contributed by atoms with Crippen LogP contribution in [0.15, 0.2) is 24.3 Å². The molecule has 0 aromatic rings. The molecule has 2 saturated heterocycles. The van der Waals surface area contributed by atoms with Crippen LogP contribution in [0.1, 0.15) is 13.8 Å². The van der Waals surface area contributed by atoms with Crippen LogP contribution in [-0.2, 0) is 23.7 Å². The predicted octanol–water partition coefficient (Wildman–Crippen LogP) is 1.19. The molecule has 0 aromatic heterocycles. The van der Waals surface area contributed by atoms with E-state index in [-0.39, 0.29) is 6.10 Å². The van der Waals surface area contributed by atoms with Gasteiger partial charge in [-0.05, 0) is 19.4 Å². The first-order valence-corrected chi connectivity index (χ1v) is 5.92. The Morgan fingerprint density at radius 2 is 2.17 bits per heavy atom. The Kier molecular flexibility index (Phi) is 3.97. The first-order chi connectivity index (χ1) is 8.57. The van der Waals surface area contributed by atoms with Gasteiger partial charge < -0.3 is 23.7 Å². The highest BCUT2D eigenvalue weighted by Gasteiger charge is 2.51. The van der Waals surface area contributed by atoms with Crippen molar-refractivity contribution < 1.29 is 23.7 Å². The van der Waals surface area contributed by atoms with Gasteiger partial charge in [-0.2, -0.15) is 0 Å². The minimum Gasteiger partial charge on any atom is -0.373 e. The maximum atomic E-state index is 11.0. The fraction of sp³-hybridized carbons (Fsp3) is 0.615. The number of hydrogen-bond acceptors (Lipinski definition) is 5. The molecule has 2 rings (SSSR count). The average molecular weight is 254 g/mol. The van der Waals surface area contributed by atoms with Gasteiger partial charge in [0.2, 0.25) is 0 Å². The van der Waals surface area contributed by atoms with Gasteiger partial charge in [-0.15, -0.1) is 6.58 Å². The van der Waals surface area contributed by atoms with E-state index in [0.29, 0.717) is 13.2 Å². The van der Waals surface area contributed by atoms with Gasteiger partial charge in [0.1, 0.15) is 12.2 Å². The molecule has 2 fully saturated rings. The lowest BCUT2D eigenvalue weighted by atomic mass is 10.1. The lowest BCUT2D eigenvalue weighted by molar-refractivity contribution is -0.198. The van der Waals surface area contributed by atoms with Crippen molar-refractivity contribution in [2.24, 2.45) is 0 Å². The summed E-state index contributed by atoms with van der Waals surface area (Å²) in [5.41, 5.74) is 0.768. The Balaban J connectivity index is 2.05. The molecule has 0 spiro atoms. The summed E-state index contributed by atoms with van der Waals surface area (Å²) in [4.78, 5) is 11.0. The van der Waals surface area contributed by atoms with E-state index in [1.54, 1.807) is 6.08 Å². The van der Waals surface area contributed by atoms with Gasteiger partial charge in [-0.25, -0.2) is 0 Å². The Morgan fingerprint density at radius 3 is 2.83 bits per heavy atom. The molecule has 2 aliphatic rings. The number of aldehydes is 1. The third-order valence-electron chi connectivity index (χ3n) is 2.79. The van der Waals surface area contributed by atoms with Gasteiger partial charge in [-0.3, -0.25) is 0 Å². The molecule has 0 saturated carbocycles. The molecule has 0 aliphatic carbocycles. The zero-order valence-corrected chi connectivity index (χ0v) is 10.6. The third kappa shape index (κ3) is 2.70. The van der Waals surface area contributed by atoms with Gasteiger partial charge in [0.25, 0.3) is 0 Å². The second-order valence-electron chi connectivity index (χ2n) is 4.65. The summed E-state index contributed by atoms with van der Waals surface area (Å²) in [6, 6.07) is 0. The van der Waals surface area contributed by atoms with E-state index in [4.69, 9.17) is 18.9 Å². The summed E-state index contributed by atoms with van der Waals surface area (Å²) in [5.74, 6) is -0.690. The van der Waals surface area contributed by atoms with Crippen LogP contribution in [0, 0.1) is 0 Å². The molecule has 5 heteroatoms. The SMILES string of the molecule is C=CCOC/C=C1\[C@H]2OC(C)(C)O[C@H]2O[C@@H]1C=O. The number of carbonyl (C=O) groups excluding carboxylic acids is 1. The molecular weight excluding hydrogens is 236 g/mol. The van der Waals surface area contributed by atoms with Crippen molar-refractivity contribution in [3.8, 4) is 0 Å². The molecule has 0 N–H and O–H groups in total. The molecule has 0 bridgehead atoms. The quantitative estimate of drug-likeness (QED) is 0.419. The van der Waals surface area contributed by atoms with E-state index >= 15 is 0 Å². The highest BCUT2D eigenvalue weighted by atomic mass is 16.8. The second kappa shape index (κ2) is 5.32. The highest BCUT2D eigenvalue weighted by molar-refractivity contribution is 5.63.